The predicted octanol–water partition coefficient (Wildman–Crippen LogP) is 3.65. The van der Waals surface area contributed by atoms with Crippen molar-refractivity contribution >= 4 is 23.2 Å². The van der Waals surface area contributed by atoms with Crippen LogP contribution < -0.4 is 10.6 Å². The molecule has 2 N–H and O–H groups in total. The van der Waals surface area contributed by atoms with E-state index in [-0.39, 0.29) is 5.41 Å². The summed E-state index contributed by atoms with van der Waals surface area (Å²) >= 11 is 5.91. The van der Waals surface area contributed by atoms with Gasteiger partial charge in [-0.25, -0.2) is 9.97 Å². The van der Waals surface area contributed by atoms with Crippen LogP contribution in [-0.2, 0) is 12.0 Å². The quantitative estimate of drug-likeness (QED) is 0.940. The molecule has 0 atom stereocenters. The van der Waals surface area contributed by atoms with Crippen LogP contribution in [0.15, 0.2) is 30.3 Å². The largest absolute Gasteiger partial charge is 0.384 e. The van der Waals surface area contributed by atoms with E-state index in [0.29, 0.717) is 5.82 Å². The van der Waals surface area contributed by atoms with Gasteiger partial charge in [-0.1, -0.05) is 44.5 Å². The lowest BCUT2D eigenvalue weighted by Crippen LogP contribution is -2.22. The molecular formula is C16H21ClN4. The molecule has 112 valence electrons. The first kappa shape index (κ1) is 15.6. The Labute approximate surface area is 131 Å². The molecule has 5 heteroatoms. The van der Waals surface area contributed by atoms with Gasteiger partial charge in [0.2, 0.25) is 0 Å². The van der Waals surface area contributed by atoms with Gasteiger partial charge in [-0.2, -0.15) is 0 Å². The molecule has 2 rings (SSSR count). The molecule has 0 aliphatic rings. The fourth-order valence-electron chi connectivity index (χ4n) is 1.93. The minimum atomic E-state index is -0.134. The van der Waals surface area contributed by atoms with Gasteiger partial charge in [0.05, 0.1) is 0 Å². The van der Waals surface area contributed by atoms with Crippen LogP contribution in [0.1, 0.15) is 32.2 Å². The highest BCUT2D eigenvalue weighted by Gasteiger charge is 2.19. The lowest BCUT2D eigenvalue weighted by Gasteiger charge is -2.22. The van der Waals surface area contributed by atoms with Crippen molar-refractivity contribution in [2.24, 2.45) is 0 Å². The van der Waals surface area contributed by atoms with E-state index < -0.39 is 0 Å². The van der Waals surface area contributed by atoms with E-state index in [2.05, 4.69) is 35.6 Å². The Hall–Kier alpha value is -1.81. The second-order valence-corrected chi connectivity index (χ2v) is 6.64. The van der Waals surface area contributed by atoms with Crippen molar-refractivity contribution in [3.8, 4) is 0 Å². The summed E-state index contributed by atoms with van der Waals surface area (Å²) in [6.07, 6.45) is 0. The van der Waals surface area contributed by atoms with Gasteiger partial charge < -0.3 is 10.6 Å². The van der Waals surface area contributed by atoms with Gasteiger partial charge in [0, 0.05) is 30.1 Å². The number of nitrogen functional groups attached to an aromatic ring is 1. The van der Waals surface area contributed by atoms with Crippen molar-refractivity contribution in [3.05, 3.63) is 46.7 Å². The Kier molecular flexibility index (Phi) is 4.37. The first-order valence-electron chi connectivity index (χ1n) is 6.86. The second kappa shape index (κ2) is 5.90. The first-order valence-corrected chi connectivity index (χ1v) is 7.24. The van der Waals surface area contributed by atoms with Gasteiger partial charge in [-0.3, -0.25) is 0 Å². The van der Waals surface area contributed by atoms with Crippen molar-refractivity contribution in [2.75, 3.05) is 17.7 Å². The van der Waals surface area contributed by atoms with Crippen LogP contribution in [0.2, 0.25) is 5.02 Å². The van der Waals surface area contributed by atoms with Gasteiger partial charge in [0.25, 0.3) is 0 Å². The number of aromatic nitrogens is 2. The maximum Gasteiger partial charge on any atom is 0.138 e. The highest BCUT2D eigenvalue weighted by molar-refractivity contribution is 6.30. The van der Waals surface area contributed by atoms with Crippen LogP contribution in [0.25, 0.3) is 0 Å². The van der Waals surface area contributed by atoms with Crippen molar-refractivity contribution in [3.63, 3.8) is 0 Å². The third-order valence-electron chi connectivity index (χ3n) is 3.13. The van der Waals surface area contributed by atoms with Crippen molar-refractivity contribution in [1.82, 2.24) is 9.97 Å². The third kappa shape index (κ3) is 4.08. The molecule has 2 aromatic rings. The van der Waals surface area contributed by atoms with E-state index in [9.17, 15) is 0 Å². The SMILES string of the molecule is CN(Cc1ccc(Cl)cc1)c1cc(N)nc(C(C)(C)C)n1. The topological polar surface area (TPSA) is 55.0 Å². The first-order chi connectivity index (χ1) is 9.75. The number of rotatable bonds is 3. The molecule has 1 aromatic heterocycles. The molecule has 0 saturated carbocycles. The average molecular weight is 305 g/mol. The average Bonchev–Trinajstić information content (AvgIpc) is 2.39. The van der Waals surface area contributed by atoms with Gasteiger partial charge in [0.15, 0.2) is 0 Å². The molecule has 0 bridgehead atoms. The molecule has 0 radical (unpaired) electrons. The summed E-state index contributed by atoms with van der Waals surface area (Å²) in [5, 5.41) is 0.739. The van der Waals surface area contributed by atoms with E-state index in [1.165, 1.54) is 0 Å². The Morgan fingerprint density at radius 3 is 2.33 bits per heavy atom. The summed E-state index contributed by atoms with van der Waals surface area (Å²) < 4.78 is 0. The molecule has 0 fully saturated rings. The van der Waals surface area contributed by atoms with Gasteiger partial charge in [-0.05, 0) is 17.7 Å². The summed E-state index contributed by atoms with van der Waals surface area (Å²) in [5.41, 5.74) is 6.94. The zero-order valence-electron chi connectivity index (χ0n) is 12.9. The second-order valence-electron chi connectivity index (χ2n) is 6.21. The number of hydrogen-bond donors (Lipinski definition) is 1. The zero-order chi connectivity index (χ0) is 15.6. The molecule has 1 heterocycles. The number of benzene rings is 1. The van der Waals surface area contributed by atoms with Crippen molar-refractivity contribution < 1.29 is 0 Å². The van der Waals surface area contributed by atoms with Crippen molar-refractivity contribution in [1.29, 1.82) is 0 Å². The maximum atomic E-state index is 5.91. The summed E-state index contributed by atoms with van der Waals surface area (Å²) in [4.78, 5) is 11.0. The maximum absolute atomic E-state index is 5.91. The molecule has 0 spiro atoms. The smallest absolute Gasteiger partial charge is 0.138 e. The van der Waals surface area contributed by atoms with Crippen LogP contribution in [0, 0.1) is 0 Å². The zero-order valence-corrected chi connectivity index (χ0v) is 13.6. The standard InChI is InChI=1S/C16H21ClN4/c1-16(2,3)15-19-13(18)9-14(20-15)21(4)10-11-5-7-12(17)8-6-11/h5-9H,10H2,1-4H3,(H2,18,19,20). The number of anilines is 2. The Balaban J connectivity index is 2.24. The van der Waals surface area contributed by atoms with E-state index in [1.54, 1.807) is 6.07 Å². The lowest BCUT2D eigenvalue weighted by atomic mass is 9.96. The Morgan fingerprint density at radius 2 is 1.76 bits per heavy atom. The summed E-state index contributed by atoms with van der Waals surface area (Å²) in [7, 11) is 1.99. The van der Waals surface area contributed by atoms with E-state index >= 15 is 0 Å². The molecule has 0 aliphatic carbocycles. The van der Waals surface area contributed by atoms with E-state index in [0.717, 1.165) is 28.8 Å². The van der Waals surface area contributed by atoms with Crippen LogP contribution in [0.5, 0.6) is 0 Å². The van der Waals surface area contributed by atoms with Gasteiger partial charge >= 0.3 is 0 Å². The third-order valence-corrected chi connectivity index (χ3v) is 3.38. The summed E-state index contributed by atoms with van der Waals surface area (Å²) in [5.74, 6) is 2.07. The Morgan fingerprint density at radius 1 is 1.14 bits per heavy atom. The molecular weight excluding hydrogens is 284 g/mol. The summed E-state index contributed by atoms with van der Waals surface area (Å²) in [6.45, 7) is 6.96. The highest BCUT2D eigenvalue weighted by atomic mass is 35.5. The van der Waals surface area contributed by atoms with Crippen LogP contribution in [0.4, 0.5) is 11.6 Å². The van der Waals surface area contributed by atoms with Gasteiger partial charge in [-0.15, -0.1) is 0 Å². The molecule has 0 aliphatic heterocycles. The lowest BCUT2D eigenvalue weighted by molar-refractivity contribution is 0.545. The molecule has 4 nitrogen and oxygen atoms in total. The predicted molar refractivity (Wildman–Crippen MR) is 88.7 cm³/mol. The minimum absolute atomic E-state index is 0.134. The van der Waals surface area contributed by atoms with E-state index in [4.69, 9.17) is 17.3 Å². The van der Waals surface area contributed by atoms with Gasteiger partial charge in [0.1, 0.15) is 17.5 Å². The fourth-order valence-corrected chi connectivity index (χ4v) is 2.05. The number of hydrogen-bond acceptors (Lipinski definition) is 4. The highest BCUT2D eigenvalue weighted by Crippen LogP contribution is 2.23. The molecule has 0 amide bonds. The molecule has 21 heavy (non-hydrogen) atoms. The minimum Gasteiger partial charge on any atom is -0.384 e. The fraction of sp³-hybridized carbons (Fsp3) is 0.375. The van der Waals surface area contributed by atoms with Crippen molar-refractivity contribution in [2.45, 2.75) is 32.7 Å². The molecule has 1 aromatic carbocycles. The Bertz CT molecular complexity index is 617. The summed E-state index contributed by atoms with van der Waals surface area (Å²) in [6, 6.07) is 9.59. The number of nitrogens with zero attached hydrogens (tertiary/aromatic N) is 3. The van der Waals surface area contributed by atoms with Crippen LogP contribution >= 0.6 is 11.6 Å². The monoisotopic (exact) mass is 304 g/mol. The van der Waals surface area contributed by atoms with Crippen LogP contribution in [-0.4, -0.2) is 17.0 Å². The number of nitrogens with two attached hydrogens (primary N) is 1. The normalized spacial score (nSPS) is 11.5. The molecule has 0 saturated heterocycles. The van der Waals surface area contributed by atoms with E-state index in [1.807, 2.05) is 31.3 Å². The molecule has 0 unspecified atom stereocenters. The number of halogens is 1. The van der Waals surface area contributed by atoms with Crippen LogP contribution in [0.3, 0.4) is 0 Å².